The second kappa shape index (κ2) is 6.07. The first kappa shape index (κ1) is 13.7. The van der Waals surface area contributed by atoms with E-state index in [-0.39, 0.29) is 0 Å². The van der Waals surface area contributed by atoms with E-state index in [1.54, 1.807) is 5.56 Å². The molecule has 1 saturated carbocycles. The summed E-state index contributed by atoms with van der Waals surface area (Å²) in [6, 6.07) is 9.60. The standard InChI is InChI=1S/C18H24N2S/c1-2-6-14(5-1)18(20-11-9-19-10-12-20)16-13-21-17-8-4-3-7-15(16)17/h3-4,7-8,13-14,18-19H,1-2,5-6,9-12H2/t18-/m1/s1. The zero-order chi connectivity index (χ0) is 14.1. The molecule has 112 valence electrons. The molecule has 0 unspecified atom stereocenters. The quantitative estimate of drug-likeness (QED) is 0.920. The number of thiophene rings is 1. The molecule has 1 aromatic heterocycles. The molecule has 1 aliphatic carbocycles. The molecule has 1 aromatic carbocycles. The number of nitrogens with one attached hydrogen (secondary N) is 1. The van der Waals surface area contributed by atoms with Gasteiger partial charge < -0.3 is 5.32 Å². The summed E-state index contributed by atoms with van der Waals surface area (Å²) in [5.41, 5.74) is 1.60. The Morgan fingerprint density at radius 3 is 2.67 bits per heavy atom. The first-order valence-corrected chi connectivity index (χ1v) is 9.22. The Labute approximate surface area is 131 Å². The van der Waals surface area contributed by atoms with E-state index in [1.165, 1.54) is 48.9 Å². The monoisotopic (exact) mass is 300 g/mol. The van der Waals surface area contributed by atoms with Crippen LogP contribution >= 0.6 is 11.3 Å². The maximum absolute atomic E-state index is 3.50. The highest BCUT2D eigenvalue weighted by Gasteiger charge is 2.33. The van der Waals surface area contributed by atoms with E-state index in [1.807, 2.05) is 11.3 Å². The van der Waals surface area contributed by atoms with E-state index in [9.17, 15) is 0 Å². The van der Waals surface area contributed by atoms with Gasteiger partial charge in [-0.2, -0.15) is 0 Å². The Hall–Kier alpha value is -0.900. The largest absolute Gasteiger partial charge is 0.314 e. The number of hydrogen-bond donors (Lipinski definition) is 1. The molecular weight excluding hydrogens is 276 g/mol. The Balaban J connectivity index is 1.73. The smallest absolute Gasteiger partial charge is 0.0391 e. The summed E-state index contributed by atoms with van der Waals surface area (Å²) in [5, 5.41) is 7.44. The van der Waals surface area contributed by atoms with Crippen molar-refractivity contribution in [3.8, 4) is 0 Å². The molecule has 0 spiro atoms. The van der Waals surface area contributed by atoms with Gasteiger partial charge in [-0.25, -0.2) is 0 Å². The molecule has 0 bridgehead atoms. The van der Waals surface area contributed by atoms with E-state index in [2.05, 4.69) is 39.9 Å². The molecule has 1 saturated heterocycles. The van der Waals surface area contributed by atoms with Crippen molar-refractivity contribution in [2.45, 2.75) is 31.7 Å². The molecule has 1 N–H and O–H groups in total. The van der Waals surface area contributed by atoms with E-state index >= 15 is 0 Å². The fourth-order valence-electron chi connectivity index (χ4n) is 4.21. The highest BCUT2D eigenvalue weighted by Crippen LogP contribution is 2.43. The molecule has 2 nitrogen and oxygen atoms in total. The Kier molecular flexibility index (Phi) is 3.97. The maximum atomic E-state index is 3.50. The van der Waals surface area contributed by atoms with Crippen molar-refractivity contribution in [2.24, 2.45) is 5.92 Å². The third kappa shape index (κ3) is 2.63. The van der Waals surface area contributed by atoms with Crippen LogP contribution in [-0.4, -0.2) is 31.1 Å². The van der Waals surface area contributed by atoms with Gasteiger partial charge >= 0.3 is 0 Å². The maximum Gasteiger partial charge on any atom is 0.0391 e. The predicted octanol–water partition coefficient (Wildman–Crippen LogP) is 4.04. The first-order chi connectivity index (χ1) is 10.4. The molecule has 0 radical (unpaired) electrons. The van der Waals surface area contributed by atoms with E-state index in [4.69, 9.17) is 0 Å². The van der Waals surface area contributed by atoms with Crippen LogP contribution in [0.15, 0.2) is 29.6 Å². The molecule has 2 aromatic rings. The minimum Gasteiger partial charge on any atom is -0.314 e. The zero-order valence-electron chi connectivity index (χ0n) is 12.6. The minimum absolute atomic E-state index is 0.644. The summed E-state index contributed by atoms with van der Waals surface area (Å²) in [6.07, 6.45) is 5.68. The lowest BCUT2D eigenvalue weighted by Crippen LogP contribution is -2.46. The zero-order valence-corrected chi connectivity index (χ0v) is 13.4. The van der Waals surface area contributed by atoms with Crippen LogP contribution < -0.4 is 5.32 Å². The summed E-state index contributed by atoms with van der Waals surface area (Å²) in [4.78, 5) is 2.75. The number of rotatable bonds is 3. The molecule has 4 rings (SSSR count). The normalized spacial score (nSPS) is 22.9. The van der Waals surface area contributed by atoms with Crippen molar-refractivity contribution in [3.63, 3.8) is 0 Å². The number of piperazine rings is 1. The third-order valence-corrected chi connectivity index (χ3v) is 6.20. The van der Waals surface area contributed by atoms with Crippen LogP contribution in [0.2, 0.25) is 0 Å². The van der Waals surface area contributed by atoms with Crippen LogP contribution in [0.5, 0.6) is 0 Å². The van der Waals surface area contributed by atoms with E-state index in [0.717, 1.165) is 19.0 Å². The third-order valence-electron chi connectivity index (χ3n) is 5.22. The van der Waals surface area contributed by atoms with Crippen LogP contribution in [0.1, 0.15) is 37.3 Å². The second-order valence-electron chi connectivity index (χ2n) is 6.46. The van der Waals surface area contributed by atoms with Gasteiger partial charge in [0.2, 0.25) is 0 Å². The highest BCUT2D eigenvalue weighted by atomic mass is 32.1. The minimum atomic E-state index is 0.644. The molecule has 2 fully saturated rings. The molecule has 0 amide bonds. The van der Waals surface area contributed by atoms with Crippen LogP contribution in [0.25, 0.3) is 10.1 Å². The lowest BCUT2D eigenvalue weighted by Gasteiger charge is -2.38. The van der Waals surface area contributed by atoms with Gasteiger partial charge in [-0.1, -0.05) is 31.0 Å². The number of nitrogens with zero attached hydrogens (tertiary/aromatic N) is 1. The highest BCUT2D eigenvalue weighted by molar-refractivity contribution is 7.17. The van der Waals surface area contributed by atoms with E-state index in [0.29, 0.717) is 6.04 Å². The van der Waals surface area contributed by atoms with Gasteiger partial charge in [-0.05, 0) is 41.2 Å². The molecule has 1 aliphatic heterocycles. The fourth-order valence-corrected chi connectivity index (χ4v) is 5.20. The van der Waals surface area contributed by atoms with Gasteiger partial charge in [-0.15, -0.1) is 11.3 Å². The van der Waals surface area contributed by atoms with Gasteiger partial charge in [0.05, 0.1) is 0 Å². The second-order valence-corrected chi connectivity index (χ2v) is 7.37. The molecule has 3 heteroatoms. The van der Waals surface area contributed by atoms with Gasteiger partial charge in [0, 0.05) is 36.9 Å². The van der Waals surface area contributed by atoms with Gasteiger partial charge in [0.1, 0.15) is 0 Å². The summed E-state index contributed by atoms with van der Waals surface area (Å²) >= 11 is 1.92. The van der Waals surface area contributed by atoms with Gasteiger partial charge in [0.25, 0.3) is 0 Å². The average molecular weight is 300 g/mol. The van der Waals surface area contributed by atoms with Crippen LogP contribution in [-0.2, 0) is 0 Å². The average Bonchev–Trinajstić information content (AvgIpc) is 3.20. The van der Waals surface area contributed by atoms with Crippen molar-refractivity contribution in [1.82, 2.24) is 10.2 Å². The van der Waals surface area contributed by atoms with Crippen LogP contribution in [0.3, 0.4) is 0 Å². The predicted molar refractivity (Wildman–Crippen MR) is 91.0 cm³/mol. The lowest BCUT2D eigenvalue weighted by molar-refractivity contribution is 0.127. The van der Waals surface area contributed by atoms with Crippen LogP contribution in [0.4, 0.5) is 0 Å². The molecule has 2 aliphatic rings. The summed E-state index contributed by atoms with van der Waals surface area (Å²) in [7, 11) is 0. The van der Waals surface area contributed by atoms with Crippen molar-refractivity contribution in [1.29, 1.82) is 0 Å². The lowest BCUT2D eigenvalue weighted by atomic mass is 9.89. The summed E-state index contributed by atoms with van der Waals surface area (Å²) < 4.78 is 1.45. The SMILES string of the molecule is c1ccc2c([C@@H](C3CCCC3)N3CCNCC3)csc2c1. The summed E-state index contributed by atoms with van der Waals surface area (Å²) in [6.45, 7) is 4.69. The Bertz CT molecular complexity index is 594. The Morgan fingerprint density at radius 1 is 1.10 bits per heavy atom. The van der Waals surface area contributed by atoms with Gasteiger partial charge in [0.15, 0.2) is 0 Å². The first-order valence-electron chi connectivity index (χ1n) is 8.34. The fraction of sp³-hybridized carbons (Fsp3) is 0.556. The number of benzene rings is 1. The topological polar surface area (TPSA) is 15.3 Å². The molecule has 21 heavy (non-hydrogen) atoms. The molecule has 1 atom stereocenters. The van der Waals surface area contributed by atoms with Crippen LogP contribution in [0, 0.1) is 5.92 Å². The van der Waals surface area contributed by atoms with Gasteiger partial charge in [-0.3, -0.25) is 4.90 Å². The van der Waals surface area contributed by atoms with Crippen molar-refractivity contribution < 1.29 is 0 Å². The summed E-state index contributed by atoms with van der Waals surface area (Å²) in [5.74, 6) is 0.862. The number of hydrogen-bond acceptors (Lipinski definition) is 3. The Morgan fingerprint density at radius 2 is 1.86 bits per heavy atom. The van der Waals surface area contributed by atoms with Crippen molar-refractivity contribution >= 4 is 21.4 Å². The molecule has 2 heterocycles. The van der Waals surface area contributed by atoms with Crippen molar-refractivity contribution in [3.05, 3.63) is 35.2 Å². The number of fused-ring (bicyclic) bond motifs is 1. The van der Waals surface area contributed by atoms with Crippen molar-refractivity contribution in [2.75, 3.05) is 26.2 Å². The molecular formula is C18H24N2S. The van der Waals surface area contributed by atoms with E-state index < -0.39 is 0 Å².